The number of methoxy groups -OCH3 is 1. The zero-order valence-electron chi connectivity index (χ0n) is 12.0. The molecule has 20 heavy (non-hydrogen) atoms. The van der Waals surface area contributed by atoms with Gasteiger partial charge in [0.25, 0.3) is 5.91 Å². The van der Waals surface area contributed by atoms with E-state index in [-0.39, 0.29) is 12.5 Å². The molecule has 0 heterocycles. The average molecular weight is 275 g/mol. The molecule has 0 saturated heterocycles. The van der Waals surface area contributed by atoms with Crippen LogP contribution in [0.4, 0.5) is 0 Å². The lowest BCUT2D eigenvalue weighted by atomic mass is 10.0. The van der Waals surface area contributed by atoms with E-state index in [9.17, 15) is 4.79 Å². The van der Waals surface area contributed by atoms with Crippen molar-refractivity contribution in [2.75, 3.05) is 26.9 Å². The van der Waals surface area contributed by atoms with Gasteiger partial charge in [-0.1, -0.05) is 17.9 Å². The van der Waals surface area contributed by atoms with Crippen molar-refractivity contribution < 1.29 is 14.6 Å². The molecule has 4 nitrogen and oxygen atoms in total. The van der Waals surface area contributed by atoms with Crippen molar-refractivity contribution in [3.63, 3.8) is 0 Å². The molecule has 0 aliphatic carbocycles. The van der Waals surface area contributed by atoms with Crippen LogP contribution in [0.15, 0.2) is 18.2 Å². The van der Waals surface area contributed by atoms with E-state index in [0.29, 0.717) is 24.3 Å². The van der Waals surface area contributed by atoms with E-state index < -0.39 is 0 Å². The van der Waals surface area contributed by atoms with Gasteiger partial charge in [0.05, 0.1) is 5.56 Å². The topological polar surface area (TPSA) is 58.6 Å². The summed E-state index contributed by atoms with van der Waals surface area (Å²) in [5.74, 6) is 5.26. The van der Waals surface area contributed by atoms with Gasteiger partial charge in [-0.25, -0.2) is 0 Å². The van der Waals surface area contributed by atoms with Crippen molar-refractivity contribution in [1.82, 2.24) is 5.32 Å². The third-order valence-electron chi connectivity index (χ3n) is 2.78. The van der Waals surface area contributed by atoms with Crippen LogP contribution in [0.5, 0.6) is 0 Å². The number of aliphatic hydroxyl groups excluding tert-OH is 1. The number of unbranched alkanes of at least 4 members (excludes halogenated alkanes) is 1. The quantitative estimate of drug-likeness (QED) is 0.611. The van der Waals surface area contributed by atoms with Crippen LogP contribution in [0.2, 0.25) is 0 Å². The second-order valence-corrected chi connectivity index (χ2v) is 4.46. The lowest BCUT2D eigenvalue weighted by Crippen LogP contribution is -2.25. The molecule has 0 atom stereocenters. The number of carbonyl (C=O) groups excluding carboxylic acids is 1. The van der Waals surface area contributed by atoms with Gasteiger partial charge in [0, 0.05) is 25.8 Å². The van der Waals surface area contributed by atoms with Crippen molar-refractivity contribution in [2.24, 2.45) is 0 Å². The Morgan fingerprint density at radius 2 is 2.20 bits per heavy atom. The van der Waals surface area contributed by atoms with Crippen LogP contribution in [-0.4, -0.2) is 37.9 Å². The lowest BCUT2D eigenvalue weighted by molar-refractivity contribution is 0.0951. The van der Waals surface area contributed by atoms with Crippen LogP contribution in [0.1, 0.15) is 34.3 Å². The summed E-state index contributed by atoms with van der Waals surface area (Å²) in [6, 6.07) is 5.49. The summed E-state index contributed by atoms with van der Waals surface area (Å²) < 4.78 is 4.96. The molecular formula is C16H21NO3. The van der Waals surface area contributed by atoms with E-state index in [1.165, 1.54) is 0 Å². The number of aryl methyl sites for hydroxylation is 1. The van der Waals surface area contributed by atoms with Gasteiger partial charge in [-0.05, 0) is 37.5 Å². The Labute approximate surface area is 120 Å². The monoisotopic (exact) mass is 275 g/mol. The molecule has 1 amide bonds. The predicted octanol–water partition coefficient (Wildman–Crippen LogP) is 1.50. The maximum Gasteiger partial charge on any atom is 0.252 e. The van der Waals surface area contributed by atoms with Gasteiger partial charge in [-0.2, -0.15) is 0 Å². The van der Waals surface area contributed by atoms with Gasteiger partial charge in [0.15, 0.2) is 0 Å². The van der Waals surface area contributed by atoms with Crippen molar-refractivity contribution in [3.05, 3.63) is 34.9 Å². The molecule has 1 aromatic rings. The van der Waals surface area contributed by atoms with E-state index in [1.807, 2.05) is 19.1 Å². The van der Waals surface area contributed by atoms with E-state index in [4.69, 9.17) is 9.84 Å². The third kappa shape index (κ3) is 5.43. The summed E-state index contributed by atoms with van der Waals surface area (Å²) in [6.45, 7) is 3.04. The van der Waals surface area contributed by atoms with Gasteiger partial charge in [-0.3, -0.25) is 4.79 Å². The number of ether oxygens (including phenoxy) is 1. The van der Waals surface area contributed by atoms with Crippen LogP contribution >= 0.6 is 0 Å². The van der Waals surface area contributed by atoms with E-state index in [0.717, 1.165) is 18.4 Å². The molecule has 0 aliphatic heterocycles. The molecule has 0 aromatic heterocycles. The summed E-state index contributed by atoms with van der Waals surface area (Å²) in [6.07, 6.45) is 1.80. The fourth-order valence-electron chi connectivity index (χ4n) is 1.76. The highest BCUT2D eigenvalue weighted by Crippen LogP contribution is 2.10. The molecule has 0 saturated carbocycles. The zero-order valence-corrected chi connectivity index (χ0v) is 12.0. The number of aliphatic hydroxyl groups is 1. The van der Waals surface area contributed by atoms with Gasteiger partial charge in [0.1, 0.15) is 6.61 Å². The van der Waals surface area contributed by atoms with Crippen LogP contribution in [0.3, 0.4) is 0 Å². The Morgan fingerprint density at radius 1 is 1.40 bits per heavy atom. The highest BCUT2D eigenvalue weighted by molar-refractivity contribution is 5.96. The Bertz CT molecular complexity index is 500. The zero-order chi connectivity index (χ0) is 14.8. The largest absolute Gasteiger partial charge is 0.385 e. The second kappa shape index (κ2) is 9.13. The molecule has 0 fully saturated rings. The standard InChI is InChI=1S/C16H21NO3/c1-13-7-8-15(14(12-13)6-5-10-18)16(19)17-9-3-4-11-20-2/h7-8,12,18H,3-4,9-11H2,1-2H3,(H,17,19). The SMILES string of the molecule is COCCCCNC(=O)c1ccc(C)cc1C#CCO. The predicted molar refractivity (Wildman–Crippen MR) is 78.6 cm³/mol. The summed E-state index contributed by atoms with van der Waals surface area (Å²) in [7, 11) is 1.66. The van der Waals surface area contributed by atoms with Crippen LogP contribution < -0.4 is 5.32 Å². The summed E-state index contributed by atoms with van der Waals surface area (Å²) in [4.78, 5) is 12.1. The van der Waals surface area contributed by atoms with Crippen molar-refractivity contribution in [1.29, 1.82) is 0 Å². The molecule has 2 N–H and O–H groups in total. The number of benzene rings is 1. The first-order chi connectivity index (χ1) is 9.69. The molecule has 0 aliphatic rings. The Balaban J connectivity index is 2.67. The fourth-order valence-corrected chi connectivity index (χ4v) is 1.76. The van der Waals surface area contributed by atoms with E-state index >= 15 is 0 Å². The number of hydrogen-bond acceptors (Lipinski definition) is 3. The molecule has 4 heteroatoms. The smallest absolute Gasteiger partial charge is 0.252 e. The Morgan fingerprint density at radius 3 is 2.90 bits per heavy atom. The summed E-state index contributed by atoms with van der Waals surface area (Å²) in [5.41, 5.74) is 2.22. The van der Waals surface area contributed by atoms with Crippen molar-refractivity contribution >= 4 is 5.91 Å². The molecular weight excluding hydrogens is 254 g/mol. The van der Waals surface area contributed by atoms with Crippen LogP contribution in [0.25, 0.3) is 0 Å². The Hall–Kier alpha value is -1.83. The van der Waals surface area contributed by atoms with Crippen molar-refractivity contribution in [2.45, 2.75) is 19.8 Å². The molecule has 0 spiro atoms. The molecule has 0 bridgehead atoms. The normalized spacial score (nSPS) is 9.75. The minimum absolute atomic E-state index is 0.135. The van der Waals surface area contributed by atoms with Crippen LogP contribution in [-0.2, 0) is 4.74 Å². The Kier molecular flexibility index (Phi) is 7.41. The average Bonchev–Trinajstić information content (AvgIpc) is 2.44. The maximum atomic E-state index is 12.1. The second-order valence-electron chi connectivity index (χ2n) is 4.46. The first kappa shape index (κ1) is 16.2. The third-order valence-corrected chi connectivity index (χ3v) is 2.78. The number of amides is 1. The minimum Gasteiger partial charge on any atom is -0.385 e. The molecule has 1 rings (SSSR count). The molecule has 108 valence electrons. The van der Waals surface area contributed by atoms with Gasteiger partial charge < -0.3 is 15.2 Å². The maximum absolute atomic E-state index is 12.1. The van der Waals surface area contributed by atoms with E-state index in [2.05, 4.69) is 17.2 Å². The van der Waals surface area contributed by atoms with Gasteiger partial charge in [0.2, 0.25) is 0 Å². The fraction of sp³-hybridized carbons (Fsp3) is 0.438. The van der Waals surface area contributed by atoms with Gasteiger partial charge in [-0.15, -0.1) is 0 Å². The summed E-state index contributed by atoms with van der Waals surface area (Å²) in [5, 5.41) is 11.6. The molecule has 0 unspecified atom stereocenters. The minimum atomic E-state index is -0.216. The molecule has 0 radical (unpaired) electrons. The molecule has 1 aromatic carbocycles. The number of nitrogens with one attached hydrogen (secondary N) is 1. The highest BCUT2D eigenvalue weighted by Gasteiger charge is 2.09. The highest BCUT2D eigenvalue weighted by atomic mass is 16.5. The van der Waals surface area contributed by atoms with Gasteiger partial charge >= 0.3 is 0 Å². The van der Waals surface area contributed by atoms with Crippen molar-refractivity contribution in [3.8, 4) is 11.8 Å². The first-order valence-electron chi connectivity index (χ1n) is 6.66. The van der Waals surface area contributed by atoms with E-state index in [1.54, 1.807) is 13.2 Å². The van der Waals surface area contributed by atoms with Crippen LogP contribution in [0, 0.1) is 18.8 Å². The first-order valence-corrected chi connectivity index (χ1v) is 6.66. The lowest BCUT2D eigenvalue weighted by Gasteiger charge is -2.07. The summed E-state index contributed by atoms with van der Waals surface area (Å²) >= 11 is 0. The number of hydrogen-bond donors (Lipinski definition) is 2. The number of rotatable bonds is 6. The number of carbonyl (C=O) groups is 1.